The Kier molecular flexibility index (Phi) is 5.40. The van der Waals surface area contributed by atoms with Crippen LogP contribution in [-0.4, -0.2) is 11.5 Å². The SMILES string of the molecule is [NH3+]C(Cc1ccccc1)Cc1ccccc1.[OH-]. The minimum absolute atomic E-state index is 0. The second-order valence-corrected chi connectivity index (χ2v) is 4.25. The van der Waals surface area contributed by atoms with Gasteiger partial charge in [-0.15, -0.1) is 0 Å². The first-order chi connectivity index (χ1) is 7.84. The summed E-state index contributed by atoms with van der Waals surface area (Å²) in [5.41, 5.74) is 6.98. The number of hydrogen-bond acceptors (Lipinski definition) is 1. The molecule has 0 saturated heterocycles. The minimum atomic E-state index is 0. The molecule has 2 nitrogen and oxygen atoms in total. The summed E-state index contributed by atoms with van der Waals surface area (Å²) < 4.78 is 0. The molecule has 4 N–H and O–H groups in total. The number of hydrogen-bond donors (Lipinski definition) is 1. The Morgan fingerprint density at radius 1 is 0.706 bits per heavy atom. The van der Waals surface area contributed by atoms with Gasteiger partial charge in [0.1, 0.15) is 0 Å². The molecule has 0 amide bonds. The minimum Gasteiger partial charge on any atom is -0.870 e. The lowest BCUT2D eigenvalue weighted by molar-refractivity contribution is -0.418. The van der Waals surface area contributed by atoms with Crippen molar-refractivity contribution in [2.24, 2.45) is 0 Å². The van der Waals surface area contributed by atoms with E-state index in [1.54, 1.807) is 0 Å². The van der Waals surface area contributed by atoms with Crippen LogP contribution >= 0.6 is 0 Å². The van der Waals surface area contributed by atoms with Gasteiger partial charge in [-0.05, 0) is 11.1 Å². The molecule has 0 aromatic heterocycles. The van der Waals surface area contributed by atoms with Gasteiger partial charge in [0.25, 0.3) is 0 Å². The largest absolute Gasteiger partial charge is 0.870 e. The number of rotatable bonds is 4. The summed E-state index contributed by atoms with van der Waals surface area (Å²) in [6, 6.07) is 21.6. The molecule has 0 spiro atoms. The molecule has 0 unspecified atom stereocenters. The van der Waals surface area contributed by atoms with Crippen LogP contribution in [0.1, 0.15) is 11.1 Å². The summed E-state index contributed by atoms with van der Waals surface area (Å²) in [7, 11) is 0. The zero-order valence-electron chi connectivity index (χ0n) is 9.92. The molecule has 0 radical (unpaired) electrons. The molecule has 90 valence electrons. The summed E-state index contributed by atoms with van der Waals surface area (Å²) >= 11 is 0. The highest BCUT2D eigenvalue weighted by Gasteiger charge is 2.07. The fourth-order valence-electron chi connectivity index (χ4n) is 1.97. The van der Waals surface area contributed by atoms with Crippen LogP contribution < -0.4 is 5.73 Å². The lowest BCUT2D eigenvalue weighted by Gasteiger charge is -2.08. The molecule has 0 heterocycles. The second kappa shape index (κ2) is 6.84. The van der Waals surface area contributed by atoms with Crippen molar-refractivity contribution < 1.29 is 11.2 Å². The molecule has 2 aromatic carbocycles. The summed E-state index contributed by atoms with van der Waals surface area (Å²) in [6.07, 6.45) is 2.10. The van der Waals surface area contributed by atoms with Crippen molar-refractivity contribution >= 4 is 0 Å². The van der Waals surface area contributed by atoms with Crippen LogP contribution in [0.5, 0.6) is 0 Å². The lowest BCUT2D eigenvalue weighted by atomic mass is 10.00. The maximum Gasteiger partial charge on any atom is 0.0925 e. The van der Waals surface area contributed by atoms with E-state index in [0.29, 0.717) is 6.04 Å². The lowest BCUT2D eigenvalue weighted by Crippen LogP contribution is -2.63. The quantitative estimate of drug-likeness (QED) is 0.855. The van der Waals surface area contributed by atoms with Crippen LogP contribution in [-0.2, 0) is 12.8 Å². The normalized spacial score (nSPS) is 10.0. The predicted octanol–water partition coefficient (Wildman–Crippen LogP) is 1.91. The molecule has 0 bridgehead atoms. The first kappa shape index (κ1) is 13.4. The van der Waals surface area contributed by atoms with E-state index in [4.69, 9.17) is 0 Å². The van der Waals surface area contributed by atoms with Gasteiger partial charge in [0.15, 0.2) is 0 Å². The Bertz CT molecular complexity index is 372. The van der Waals surface area contributed by atoms with Crippen LogP contribution in [0.2, 0.25) is 0 Å². The van der Waals surface area contributed by atoms with Crippen LogP contribution in [0.25, 0.3) is 0 Å². The molecule has 2 aromatic rings. The highest BCUT2D eigenvalue weighted by molar-refractivity contribution is 5.18. The van der Waals surface area contributed by atoms with Crippen LogP contribution in [0.3, 0.4) is 0 Å². The van der Waals surface area contributed by atoms with Gasteiger partial charge in [-0.25, -0.2) is 0 Å². The van der Waals surface area contributed by atoms with E-state index >= 15 is 0 Å². The first-order valence-electron chi connectivity index (χ1n) is 5.75. The van der Waals surface area contributed by atoms with Crippen molar-refractivity contribution in [3.63, 3.8) is 0 Å². The van der Waals surface area contributed by atoms with Crippen molar-refractivity contribution in [3.05, 3.63) is 71.8 Å². The number of benzene rings is 2. The molecule has 0 aliphatic rings. The third-order valence-corrected chi connectivity index (χ3v) is 2.73. The van der Waals surface area contributed by atoms with Crippen molar-refractivity contribution in [3.8, 4) is 0 Å². The molecule has 17 heavy (non-hydrogen) atoms. The number of quaternary nitrogens is 1. The topological polar surface area (TPSA) is 57.6 Å². The Morgan fingerprint density at radius 2 is 1.06 bits per heavy atom. The Labute approximate surface area is 102 Å². The van der Waals surface area contributed by atoms with Gasteiger partial charge in [-0.1, -0.05) is 60.7 Å². The molecule has 0 aliphatic carbocycles. The van der Waals surface area contributed by atoms with E-state index in [9.17, 15) is 0 Å². The average Bonchev–Trinajstić information content (AvgIpc) is 2.31. The van der Waals surface area contributed by atoms with Gasteiger partial charge >= 0.3 is 0 Å². The average molecular weight is 229 g/mol. The van der Waals surface area contributed by atoms with Gasteiger partial charge in [-0.3, -0.25) is 0 Å². The van der Waals surface area contributed by atoms with E-state index in [1.165, 1.54) is 11.1 Å². The summed E-state index contributed by atoms with van der Waals surface area (Å²) in [5.74, 6) is 0. The van der Waals surface area contributed by atoms with E-state index in [2.05, 4.69) is 66.4 Å². The van der Waals surface area contributed by atoms with E-state index in [0.717, 1.165) is 12.8 Å². The molecule has 2 heteroatoms. The molecular formula is C15H19NO. The van der Waals surface area contributed by atoms with E-state index in [-0.39, 0.29) is 5.48 Å². The fraction of sp³-hybridized carbons (Fsp3) is 0.200. The second-order valence-electron chi connectivity index (χ2n) is 4.25. The maximum atomic E-state index is 4.23. The smallest absolute Gasteiger partial charge is 0.0925 e. The third-order valence-electron chi connectivity index (χ3n) is 2.73. The Balaban J connectivity index is 0.00000144. The predicted molar refractivity (Wildman–Crippen MR) is 68.9 cm³/mol. The Hall–Kier alpha value is -1.64. The highest BCUT2D eigenvalue weighted by Crippen LogP contribution is 2.06. The van der Waals surface area contributed by atoms with Gasteiger partial charge in [0, 0.05) is 12.8 Å². The van der Waals surface area contributed by atoms with Gasteiger partial charge in [-0.2, -0.15) is 0 Å². The van der Waals surface area contributed by atoms with Gasteiger partial charge < -0.3 is 11.2 Å². The van der Waals surface area contributed by atoms with Gasteiger partial charge in [0.05, 0.1) is 6.04 Å². The standard InChI is InChI=1S/C15H17N.H2O/c16-15(11-13-7-3-1-4-8-13)12-14-9-5-2-6-10-14;/h1-10,15H,11-12,16H2;1H2. The molecule has 0 fully saturated rings. The molecule has 0 saturated carbocycles. The summed E-state index contributed by atoms with van der Waals surface area (Å²) in [5, 5.41) is 0. The zero-order valence-corrected chi connectivity index (χ0v) is 9.92. The Morgan fingerprint density at radius 3 is 1.41 bits per heavy atom. The van der Waals surface area contributed by atoms with Crippen LogP contribution in [0, 0.1) is 0 Å². The van der Waals surface area contributed by atoms with Crippen molar-refractivity contribution in [1.29, 1.82) is 0 Å². The highest BCUT2D eigenvalue weighted by atomic mass is 16.0. The van der Waals surface area contributed by atoms with E-state index in [1.807, 2.05) is 0 Å². The first-order valence-corrected chi connectivity index (χ1v) is 5.75. The van der Waals surface area contributed by atoms with Crippen LogP contribution in [0.15, 0.2) is 60.7 Å². The monoisotopic (exact) mass is 229 g/mol. The van der Waals surface area contributed by atoms with E-state index < -0.39 is 0 Å². The van der Waals surface area contributed by atoms with Crippen molar-refractivity contribution in [2.75, 3.05) is 0 Å². The van der Waals surface area contributed by atoms with Gasteiger partial charge in [0.2, 0.25) is 0 Å². The maximum absolute atomic E-state index is 4.23. The zero-order chi connectivity index (χ0) is 11.2. The van der Waals surface area contributed by atoms with Crippen LogP contribution in [0.4, 0.5) is 0 Å². The van der Waals surface area contributed by atoms with Crippen molar-refractivity contribution in [2.45, 2.75) is 18.9 Å². The molecule has 0 aliphatic heterocycles. The third kappa shape index (κ3) is 4.39. The molecule has 2 rings (SSSR count). The summed E-state index contributed by atoms with van der Waals surface area (Å²) in [4.78, 5) is 0. The van der Waals surface area contributed by atoms with Crippen molar-refractivity contribution in [1.82, 2.24) is 0 Å². The fourth-order valence-corrected chi connectivity index (χ4v) is 1.97. The molecular weight excluding hydrogens is 210 g/mol. The molecule has 0 atom stereocenters. The summed E-state index contributed by atoms with van der Waals surface area (Å²) in [6.45, 7) is 0.